The molecule has 1 saturated heterocycles. The zero-order valence-corrected chi connectivity index (χ0v) is 12.8. The van der Waals surface area contributed by atoms with E-state index in [2.05, 4.69) is 5.32 Å². The Morgan fingerprint density at radius 3 is 3.05 bits per heavy atom. The molecule has 0 aromatic carbocycles. The van der Waals surface area contributed by atoms with E-state index in [-0.39, 0.29) is 18.2 Å². The van der Waals surface area contributed by atoms with Crippen molar-refractivity contribution in [1.29, 1.82) is 0 Å². The third kappa shape index (κ3) is 4.09. The molecular weight excluding hydrogens is 284 g/mol. The Labute approximate surface area is 122 Å². The van der Waals surface area contributed by atoms with Gasteiger partial charge in [0.05, 0.1) is 23.0 Å². The lowest BCUT2D eigenvalue weighted by molar-refractivity contribution is 0.0838. The molecule has 0 saturated carbocycles. The fourth-order valence-corrected chi connectivity index (χ4v) is 3.28. The van der Waals surface area contributed by atoms with E-state index in [1.165, 1.54) is 11.3 Å². The van der Waals surface area contributed by atoms with Crippen LogP contribution in [0, 0.1) is 0 Å². The third-order valence-corrected chi connectivity index (χ3v) is 4.46. The number of hydrogen-bond donors (Lipinski definition) is 1. The molecule has 106 valence electrons. The van der Waals surface area contributed by atoms with Crippen LogP contribution in [0.25, 0.3) is 0 Å². The molecule has 4 nitrogen and oxygen atoms in total. The largest absolute Gasteiger partial charge is 0.376 e. The number of hydrogen-bond acceptors (Lipinski definition) is 3. The highest BCUT2D eigenvalue weighted by Crippen LogP contribution is 2.22. The van der Waals surface area contributed by atoms with Gasteiger partial charge in [-0.3, -0.25) is 0 Å². The number of carbonyl (C=O) groups is 1. The van der Waals surface area contributed by atoms with Crippen molar-refractivity contribution < 1.29 is 9.53 Å². The average molecular weight is 303 g/mol. The molecule has 1 aromatic rings. The summed E-state index contributed by atoms with van der Waals surface area (Å²) in [5.41, 5.74) is 0. The second-order valence-corrected chi connectivity index (χ2v) is 6.65. The molecule has 19 heavy (non-hydrogen) atoms. The highest BCUT2D eigenvalue weighted by atomic mass is 35.5. The van der Waals surface area contributed by atoms with Gasteiger partial charge in [-0.05, 0) is 31.9 Å². The van der Waals surface area contributed by atoms with Crippen LogP contribution < -0.4 is 5.32 Å². The van der Waals surface area contributed by atoms with E-state index in [9.17, 15) is 4.79 Å². The van der Waals surface area contributed by atoms with Gasteiger partial charge < -0.3 is 15.0 Å². The SMILES string of the molecule is CC(NC(=O)N(C)Cc1ccc(Cl)s1)C1CCCO1. The number of rotatable bonds is 4. The van der Waals surface area contributed by atoms with E-state index in [0.29, 0.717) is 6.54 Å². The first-order valence-electron chi connectivity index (χ1n) is 6.43. The topological polar surface area (TPSA) is 41.6 Å². The van der Waals surface area contributed by atoms with Crippen molar-refractivity contribution in [3.8, 4) is 0 Å². The van der Waals surface area contributed by atoms with Crippen molar-refractivity contribution in [3.05, 3.63) is 21.3 Å². The standard InChI is InChI=1S/C13H19ClN2O2S/c1-9(11-4-3-7-18-11)15-13(17)16(2)8-10-5-6-12(14)19-10/h5-6,9,11H,3-4,7-8H2,1-2H3,(H,15,17). The summed E-state index contributed by atoms with van der Waals surface area (Å²) in [6.07, 6.45) is 2.24. The Morgan fingerprint density at radius 1 is 1.68 bits per heavy atom. The molecule has 6 heteroatoms. The van der Waals surface area contributed by atoms with Gasteiger partial charge in [-0.25, -0.2) is 4.79 Å². The Morgan fingerprint density at radius 2 is 2.47 bits per heavy atom. The number of urea groups is 1. The Bertz CT molecular complexity index is 432. The number of amides is 2. The summed E-state index contributed by atoms with van der Waals surface area (Å²) in [6.45, 7) is 3.36. The van der Waals surface area contributed by atoms with Gasteiger partial charge in [0.25, 0.3) is 0 Å². The second kappa shape index (κ2) is 6.59. The van der Waals surface area contributed by atoms with Crippen molar-refractivity contribution in [2.24, 2.45) is 0 Å². The van der Waals surface area contributed by atoms with Crippen LogP contribution in [0.4, 0.5) is 4.79 Å². The maximum Gasteiger partial charge on any atom is 0.317 e. The zero-order chi connectivity index (χ0) is 13.8. The monoisotopic (exact) mass is 302 g/mol. The van der Waals surface area contributed by atoms with Crippen LogP contribution in [0.1, 0.15) is 24.6 Å². The molecule has 1 aromatic heterocycles. The van der Waals surface area contributed by atoms with Crippen LogP contribution in [0.3, 0.4) is 0 Å². The maximum atomic E-state index is 12.1. The normalized spacial score (nSPS) is 20.3. The lowest BCUT2D eigenvalue weighted by atomic mass is 10.1. The number of thiophene rings is 1. The summed E-state index contributed by atoms with van der Waals surface area (Å²) in [6, 6.07) is 3.76. The first kappa shape index (κ1) is 14.6. The Kier molecular flexibility index (Phi) is 5.07. The van der Waals surface area contributed by atoms with E-state index in [4.69, 9.17) is 16.3 Å². The zero-order valence-electron chi connectivity index (χ0n) is 11.2. The number of ether oxygens (including phenoxy) is 1. The Balaban J connectivity index is 1.81. The molecule has 2 unspecified atom stereocenters. The molecule has 0 radical (unpaired) electrons. The molecule has 1 fully saturated rings. The molecule has 1 N–H and O–H groups in total. The summed E-state index contributed by atoms with van der Waals surface area (Å²) in [7, 11) is 1.78. The summed E-state index contributed by atoms with van der Waals surface area (Å²) < 4.78 is 6.32. The molecule has 2 atom stereocenters. The minimum absolute atomic E-state index is 0.0457. The average Bonchev–Trinajstić information content (AvgIpc) is 3.00. The molecule has 2 heterocycles. The van der Waals surface area contributed by atoms with E-state index < -0.39 is 0 Å². The third-order valence-electron chi connectivity index (χ3n) is 3.24. The van der Waals surface area contributed by atoms with E-state index in [0.717, 1.165) is 28.7 Å². The number of carbonyl (C=O) groups excluding carboxylic acids is 1. The summed E-state index contributed by atoms with van der Waals surface area (Å²) in [5, 5.41) is 2.98. The maximum absolute atomic E-state index is 12.1. The van der Waals surface area contributed by atoms with E-state index in [1.54, 1.807) is 11.9 Å². The molecule has 0 spiro atoms. The molecule has 2 rings (SSSR count). The summed E-state index contributed by atoms with van der Waals surface area (Å²) in [5.74, 6) is 0. The van der Waals surface area contributed by atoms with E-state index in [1.807, 2.05) is 19.1 Å². The number of halogens is 1. The molecule has 1 aliphatic heterocycles. The summed E-state index contributed by atoms with van der Waals surface area (Å²) >= 11 is 7.37. The van der Waals surface area contributed by atoms with Gasteiger partial charge in [0.1, 0.15) is 0 Å². The molecule has 1 aliphatic rings. The van der Waals surface area contributed by atoms with Crippen LogP contribution >= 0.6 is 22.9 Å². The van der Waals surface area contributed by atoms with Crippen molar-refractivity contribution in [2.45, 2.75) is 38.5 Å². The van der Waals surface area contributed by atoms with Crippen molar-refractivity contribution in [1.82, 2.24) is 10.2 Å². The summed E-state index contributed by atoms with van der Waals surface area (Å²) in [4.78, 5) is 14.8. The van der Waals surface area contributed by atoms with Crippen molar-refractivity contribution in [2.75, 3.05) is 13.7 Å². The van der Waals surface area contributed by atoms with Crippen LogP contribution in [0.15, 0.2) is 12.1 Å². The fourth-order valence-electron chi connectivity index (χ4n) is 2.14. The van der Waals surface area contributed by atoms with Crippen LogP contribution in [-0.2, 0) is 11.3 Å². The quantitative estimate of drug-likeness (QED) is 0.928. The Hall–Kier alpha value is -0.780. The van der Waals surface area contributed by atoms with Gasteiger partial charge in [0.2, 0.25) is 0 Å². The van der Waals surface area contributed by atoms with Gasteiger partial charge >= 0.3 is 6.03 Å². The predicted octanol–water partition coefficient (Wildman–Crippen LogP) is 3.11. The van der Waals surface area contributed by atoms with Gasteiger partial charge in [-0.15, -0.1) is 11.3 Å². The smallest absolute Gasteiger partial charge is 0.317 e. The van der Waals surface area contributed by atoms with Gasteiger partial charge in [-0.1, -0.05) is 11.6 Å². The lowest BCUT2D eigenvalue weighted by Gasteiger charge is -2.24. The lowest BCUT2D eigenvalue weighted by Crippen LogP contribution is -2.46. The number of nitrogens with zero attached hydrogens (tertiary/aromatic N) is 1. The molecule has 0 bridgehead atoms. The van der Waals surface area contributed by atoms with Gasteiger partial charge in [0.15, 0.2) is 0 Å². The second-order valence-electron chi connectivity index (χ2n) is 4.85. The van der Waals surface area contributed by atoms with Gasteiger partial charge in [0, 0.05) is 18.5 Å². The van der Waals surface area contributed by atoms with Crippen LogP contribution in [0.5, 0.6) is 0 Å². The van der Waals surface area contributed by atoms with Crippen molar-refractivity contribution >= 4 is 29.0 Å². The first-order valence-corrected chi connectivity index (χ1v) is 7.63. The molecular formula is C13H19ClN2O2S. The highest BCUT2D eigenvalue weighted by molar-refractivity contribution is 7.16. The minimum Gasteiger partial charge on any atom is -0.376 e. The minimum atomic E-state index is -0.0764. The van der Waals surface area contributed by atoms with Gasteiger partial charge in [-0.2, -0.15) is 0 Å². The predicted molar refractivity (Wildman–Crippen MR) is 77.8 cm³/mol. The molecule has 2 amide bonds. The van der Waals surface area contributed by atoms with Crippen LogP contribution in [0.2, 0.25) is 4.34 Å². The molecule has 0 aliphatic carbocycles. The number of nitrogens with one attached hydrogen (secondary N) is 1. The van der Waals surface area contributed by atoms with Crippen LogP contribution in [-0.4, -0.2) is 36.7 Å². The first-order chi connectivity index (χ1) is 9.06. The highest BCUT2D eigenvalue weighted by Gasteiger charge is 2.24. The van der Waals surface area contributed by atoms with E-state index >= 15 is 0 Å². The van der Waals surface area contributed by atoms with Crippen molar-refractivity contribution in [3.63, 3.8) is 0 Å². The fraction of sp³-hybridized carbons (Fsp3) is 0.615.